The van der Waals surface area contributed by atoms with Crippen molar-refractivity contribution in [2.45, 2.75) is 6.92 Å². The first-order valence-electron chi connectivity index (χ1n) is 7.71. The number of rotatable bonds is 5. The van der Waals surface area contributed by atoms with E-state index in [0.29, 0.717) is 23.7 Å². The summed E-state index contributed by atoms with van der Waals surface area (Å²) in [4.78, 5) is 13.8. The van der Waals surface area contributed by atoms with Crippen molar-refractivity contribution < 1.29 is 13.9 Å². The highest BCUT2D eigenvalue weighted by molar-refractivity contribution is 5.92. The van der Waals surface area contributed by atoms with Gasteiger partial charge in [0.25, 0.3) is 0 Å². The smallest absolute Gasteiger partial charge is 0.338 e. The van der Waals surface area contributed by atoms with Gasteiger partial charge in [-0.2, -0.15) is 0 Å². The predicted molar refractivity (Wildman–Crippen MR) is 94.7 cm³/mol. The van der Waals surface area contributed by atoms with Gasteiger partial charge in [-0.15, -0.1) is 0 Å². The highest BCUT2D eigenvalue weighted by atomic mass is 16.5. The van der Waals surface area contributed by atoms with Gasteiger partial charge in [0.15, 0.2) is 11.5 Å². The first-order valence-corrected chi connectivity index (χ1v) is 7.71. The number of hydrogen-bond donors (Lipinski definition) is 0. The summed E-state index contributed by atoms with van der Waals surface area (Å²) in [5, 5.41) is 0.869. The Morgan fingerprint density at radius 3 is 2.62 bits per heavy atom. The van der Waals surface area contributed by atoms with Gasteiger partial charge in [-0.3, -0.25) is 0 Å². The fourth-order valence-corrected chi connectivity index (χ4v) is 2.65. The molecule has 3 rings (SSSR count). The van der Waals surface area contributed by atoms with E-state index in [2.05, 4.69) is 0 Å². The minimum absolute atomic E-state index is 0.380. The van der Waals surface area contributed by atoms with Crippen LogP contribution in [0.2, 0.25) is 0 Å². The van der Waals surface area contributed by atoms with E-state index >= 15 is 0 Å². The third-order valence-corrected chi connectivity index (χ3v) is 3.82. The summed E-state index contributed by atoms with van der Waals surface area (Å²) in [6, 6.07) is 14.6. The molecule has 0 amide bonds. The standard InChI is InChI=1S/C19H19NO4/c1-4-23-18-11-13(9-10-17(18)22-3)20(2)15-12-19(21)24-16-8-6-5-7-14(15)16/h5-12H,4H2,1-3H3. The molecule has 0 spiro atoms. The molecule has 0 aliphatic carbocycles. The molecule has 0 fully saturated rings. The number of nitrogens with zero attached hydrogens (tertiary/aromatic N) is 1. The monoisotopic (exact) mass is 325 g/mol. The molecule has 124 valence electrons. The summed E-state index contributed by atoms with van der Waals surface area (Å²) < 4.78 is 16.2. The second-order valence-corrected chi connectivity index (χ2v) is 5.27. The summed E-state index contributed by atoms with van der Waals surface area (Å²) in [5.41, 5.74) is 1.84. The normalized spacial score (nSPS) is 10.6. The molecule has 0 bridgehead atoms. The van der Waals surface area contributed by atoms with E-state index in [1.165, 1.54) is 6.07 Å². The van der Waals surface area contributed by atoms with Gasteiger partial charge in [0.1, 0.15) is 5.58 Å². The summed E-state index contributed by atoms with van der Waals surface area (Å²) in [5.74, 6) is 1.34. The maximum atomic E-state index is 11.9. The summed E-state index contributed by atoms with van der Waals surface area (Å²) in [6.07, 6.45) is 0. The van der Waals surface area contributed by atoms with Gasteiger partial charge >= 0.3 is 5.63 Å². The lowest BCUT2D eigenvalue weighted by atomic mass is 10.1. The van der Waals surface area contributed by atoms with Crippen LogP contribution in [0.1, 0.15) is 6.92 Å². The molecule has 1 heterocycles. The molecular formula is C19H19NO4. The van der Waals surface area contributed by atoms with E-state index in [0.717, 1.165) is 16.8 Å². The lowest BCUT2D eigenvalue weighted by molar-refractivity contribution is 0.311. The minimum Gasteiger partial charge on any atom is -0.493 e. The van der Waals surface area contributed by atoms with Crippen LogP contribution in [0, 0.1) is 0 Å². The molecule has 0 N–H and O–H groups in total. The summed E-state index contributed by atoms with van der Waals surface area (Å²) >= 11 is 0. The van der Waals surface area contributed by atoms with Crippen LogP contribution < -0.4 is 20.0 Å². The highest BCUT2D eigenvalue weighted by Gasteiger charge is 2.13. The average molecular weight is 325 g/mol. The Balaban J connectivity index is 2.11. The molecule has 24 heavy (non-hydrogen) atoms. The maximum absolute atomic E-state index is 11.9. The van der Waals surface area contributed by atoms with Gasteiger partial charge in [-0.05, 0) is 31.2 Å². The van der Waals surface area contributed by atoms with Crippen LogP contribution in [0.3, 0.4) is 0 Å². The zero-order chi connectivity index (χ0) is 17.1. The summed E-state index contributed by atoms with van der Waals surface area (Å²) in [7, 11) is 3.51. The lowest BCUT2D eigenvalue weighted by Crippen LogP contribution is -2.13. The van der Waals surface area contributed by atoms with Crippen molar-refractivity contribution in [3.05, 3.63) is 59.0 Å². The van der Waals surface area contributed by atoms with Crippen LogP contribution in [0.4, 0.5) is 11.4 Å². The van der Waals surface area contributed by atoms with Crippen LogP contribution in [0.5, 0.6) is 11.5 Å². The predicted octanol–water partition coefficient (Wildman–Crippen LogP) is 3.97. The number of methoxy groups -OCH3 is 1. The largest absolute Gasteiger partial charge is 0.493 e. The van der Waals surface area contributed by atoms with E-state index in [-0.39, 0.29) is 5.63 Å². The number of para-hydroxylation sites is 1. The second kappa shape index (κ2) is 6.66. The van der Waals surface area contributed by atoms with Crippen LogP contribution >= 0.6 is 0 Å². The van der Waals surface area contributed by atoms with Gasteiger partial charge in [-0.25, -0.2) is 4.79 Å². The SMILES string of the molecule is CCOc1cc(N(C)c2cc(=O)oc3ccccc23)ccc1OC. The molecule has 0 atom stereocenters. The lowest BCUT2D eigenvalue weighted by Gasteiger charge is -2.22. The number of fused-ring (bicyclic) bond motifs is 1. The Bertz CT molecular complexity index is 917. The molecule has 3 aromatic rings. The van der Waals surface area contributed by atoms with Crippen molar-refractivity contribution in [2.24, 2.45) is 0 Å². The quantitative estimate of drug-likeness (QED) is 0.664. The number of benzene rings is 2. The van der Waals surface area contributed by atoms with E-state index in [4.69, 9.17) is 13.9 Å². The Labute approximate surface area is 140 Å². The van der Waals surface area contributed by atoms with Crippen molar-refractivity contribution in [3.63, 3.8) is 0 Å². The van der Waals surface area contributed by atoms with Crippen molar-refractivity contribution >= 4 is 22.3 Å². The molecule has 0 saturated carbocycles. The first kappa shape index (κ1) is 15.9. The molecule has 1 aromatic heterocycles. The van der Waals surface area contributed by atoms with Crippen molar-refractivity contribution in [1.29, 1.82) is 0 Å². The van der Waals surface area contributed by atoms with Crippen LogP contribution in [0.15, 0.2) is 57.7 Å². The maximum Gasteiger partial charge on any atom is 0.338 e. The molecule has 0 aliphatic heterocycles. The molecular weight excluding hydrogens is 306 g/mol. The van der Waals surface area contributed by atoms with Gasteiger partial charge in [0, 0.05) is 30.3 Å². The Kier molecular flexibility index (Phi) is 4.42. The van der Waals surface area contributed by atoms with E-state index in [9.17, 15) is 4.79 Å². The van der Waals surface area contributed by atoms with Gasteiger partial charge in [-0.1, -0.05) is 12.1 Å². The molecule has 0 aliphatic rings. The number of ether oxygens (including phenoxy) is 2. The molecule has 5 heteroatoms. The minimum atomic E-state index is -0.380. The van der Waals surface area contributed by atoms with E-state index in [1.807, 2.05) is 55.3 Å². The van der Waals surface area contributed by atoms with Gasteiger partial charge in [0.05, 0.1) is 19.4 Å². The zero-order valence-corrected chi connectivity index (χ0v) is 13.9. The zero-order valence-electron chi connectivity index (χ0n) is 13.9. The van der Waals surface area contributed by atoms with Crippen LogP contribution in [-0.4, -0.2) is 20.8 Å². The molecule has 0 saturated heterocycles. The Morgan fingerprint density at radius 1 is 1.08 bits per heavy atom. The molecule has 5 nitrogen and oxygen atoms in total. The topological polar surface area (TPSA) is 51.9 Å². The van der Waals surface area contributed by atoms with Gasteiger partial charge < -0.3 is 18.8 Å². The molecule has 2 aromatic carbocycles. The molecule has 0 radical (unpaired) electrons. The van der Waals surface area contributed by atoms with Crippen LogP contribution in [-0.2, 0) is 0 Å². The number of anilines is 2. The van der Waals surface area contributed by atoms with Gasteiger partial charge in [0.2, 0.25) is 0 Å². The Hall–Kier alpha value is -2.95. The van der Waals surface area contributed by atoms with Crippen LogP contribution in [0.25, 0.3) is 11.0 Å². The van der Waals surface area contributed by atoms with E-state index in [1.54, 1.807) is 13.2 Å². The van der Waals surface area contributed by atoms with E-state index < -0.39 is 0 Å². The fourth-order valence-electron chi connectivity index (χ4n) is 2.65. The Morgan fingerprint density at radius 2 is 1.88 bits per heavy atom. The third-order valence-electron chi connectivity index (χ3n) is 3.82. The van der Waals surface area contributed by atoms with Crippen molar-refractivity contribution in [3.8, 4) is 11.5 Å². The number of hydrogen-bond acceptors (Lipinski definition) is 5. The highest BCUT2D eigenvalue weighted by Crippen LogP contribution is 2.35. The first-order chi connectivity index (χ1) is 11.6. The fraction of sp³-hybridized carbons (Fsp3) is 0.211. The summed E-state index contributed by atoms with van der Waals surface area (Å²) in [6.45, 7) is 2.47. The average Bonchev–Trinajstić information content (AvgIpc) is 2.60. The second-order valence-electron chi connectivity index (χ2n) is 5.27. The van der Waals surface area contributed by atoms with Crippen molar-refractivity contribution in [2.75, 3.05) is 25.7 Å². The molecule has 0 unspecified atom stereocenters. The van der Waals surface area contributed by atoms with Crippen molar-refractivity contribution in [1.82, 2.24) is 0 Å². The third kappa shape index (κ3) is 2.93.